The average Bonchev–Trinajstić information content (AvgIpc) is 2.72. The van der Waals surface area contributed by atoms with Crippen LogP contribution in [0.5, 0.6) is 0 Å². The molecular formula is C14H20N2O. The summed E-state index contributed by atoms with van der Waals surface area (Å²) in [7, 11) is 0. The van der Waals surface area contributed by atoms with Gasteiger partial charge in [0.25, 0.3) is 0 Å². The third-order valence-electron chi connectivity index (χ3n) is 3.32. The van der Waals surface area contributed by atoms with E-state index in [1.165, 1.54) is 5.56 Å². The highest BCUT2D eigenvalue weighted by Gasteiger charge is 2.30. The maximum atomic E-state index is 12.3. The molecule has 1 aromatic rings. The largest absolute Gasteiger partial charge is 0.373 e. The van der Waals surface area contributed by atoms with Gasteiger partial charge in [-0.15, -0.1) is 0 Å². The highest BCUT2D eigenvalue weighted by molar-refractivity contribution is 5.87. The SMILES string of the molecule is CCN(C(=O)C1Cc2ccccc2N1)C(C)C. The molecular weight excluding hydrogens is 212 g/mol. The quantitative estimate of drug-likeness (QED) is 0.867. The Hall–Kier alpha value is -1.51. The minimum atomic E-state index is -0.0882. The van der Waals surface area contributed by atoms with Crippen molar-refractivity contribution < 1.29 is 4.79 Å². The van der Waals surface area contributed by atoms with Crippen molar-refractivity contribution in [2.75, 3.05) is 11.9 Å². The van der Waals surface area contributed by atoms with Gasteiger partial charge in [-0.25, -0.2) is 0 Å². The summed E-state index contributed by atoms with van der Waals surface area (Å²) in [6.45, 7) is 6.91. The molecule has 1 amide bonds. The Labute approximate surface area is 103 Å². The zero-order valence-corrected chi connectivity index (χ0v) is 10.7. The summed E-state index contributed by atoms with van der Waals surface area (Å²) in [5.41, 5.74) is 2.34. The van der Waals surface area contributed by atoms with Crippen molar-refractivity contribution in [2.24, 2.45) is 0 Å². The van der Waals surface area contributed by atoms with Crippen LogP contribution in [0.4, 0.5) is 5.69 Å². The lowest BCUT2D eigenvalue weighted by atomic mass is 10.1. The van der Waals surface area contributed by atoms with Crippen LogP contribution in [-0.2, 0) is 11.2 Å². The number of rotatable bonds is 3. The number of nitrogens with one attached hydrogen (secondary N) is 1. The summed E-state index contributed by atoms with van der Waals surface area (Å²) in [5.74, 6) is 0.207. The van der Waals surface area contributed by atoms with E-state index >= 15 is 0 Å². The lowest BCUT2D eigenvalue weighted by molar-refractivity contribution is -0.133. The number of hydrogen-bond acceptors (Lipinski definition) is 2. The molecule has 0 spiro atoms. The molecule has 0 fully saturated rings. The summed E-state index contributed by atoms with van der Waals surface area (Å²) in [6, 6.07) is 8.31. The van der Waals surface area contributed by atoms with E-state index in [9.17, 15) is 4.79 Å². The Morgan fingerprint density at radius 2 is 2.18 bits per heavy atom. The summed E-state index contributed by atoms with van der Waals surface area (Å²) < 4.78 is 0. The third-order valence-corrected chi connectivity index (χ3v) is 3.32. The van der Waals surface area contributed by atoms with Crippen LogP contribution in [0.3, 0.4) is 0 Å². The highest BCUT2D eigenvalue weighted by atomic mass is 16.2. The van der Waals surface area contributed by atoms with Crippen LogP contribution in [0.2, 0.25) is 0 Å². The van der Waals surface area contributed by atoms with Crippen LogP contribution in [0.1, 0.15) is 26.3 Å². The molecule has 1 aromatic carbocycles. The number of hydrogen-bond donors (Lipinski definition) is 1. The Bertz CT molecular complexity index is 389. The molecule has 0 bridgehead atoms. The first-order valence-electron chi connectivity index (χ1n) is 6.28. The van der Waals surface area contributed by atoms with Crippen molar-refractivity contribution in [3.8, 4) is 0 Å². The number of carbonyl (C=O) groups excluding carboxylic acids is 1. The second-order valence-electron chi connectivity index (χ2n) is 4.78. The van der Waals surface area contributed by atoms with Crippen LogP contribution in [0, 0.1) is 0 Å². The Morgan fingerprint density at radius 3 is 2.76 bits per heavy atom. The van der Waals surface area contributed by atoms with E-state index in [-0.39, 0.29) is 18.0 Å². The molecule has 1 atom stereocenters. The fourth-order valence-electron chi connectivity index (χ4n) is 2.42. The summed E-state index contributed by atoms with van der Waals surface area (Å²) in [4.78, 5) is 14.3. The molecule has 92 valence electrons. The number of fused-ring (bicyclic) bond motifs is 1. The van der Waals surface area contributed by atoms with Gasteiger partial charge >= 0.3 is 0 Å². The van der Waals surface area contributed by atoms with E-state index < -0.39 is 0 Å². The topological polar surface area (TPSA) is 32.3 Å². The Balaban J connectivity index is 2.10. The highest BCUT2D eigenvalue weighted by Crippen LogP contribution is 2.26. The van der Waals surface area contributed by atoms with Crippen molar-refractivity contribution in [3.63, 3.8) is 0 Å². The molecule has 17 heavy (non-hydrogen) atoms. The van der Waals surface area contributed by atoms with E-state index in [1.807, 2.05) is 30.0 Å². The summed E-state index contributed by atoms with van der Waals surface area (Å²) in [6.07, 6.45) is 0.804. The zero-order chi connectivity index (χ0) is 12.4. The van der Waals surface area contributed by atoms with E-state index in [0.717, 1.165) is 18.7 Å². The van der Waals surface area contributed by atoms with Gasteiger partial charge in [0.2, 0.25) is 5.91 Å². The number of benzene rings is 1. The first-order chi connectivity index (χ1) is 8.13. The predicted molar refractivity (Wildman–Crippen MR) is 70.1 cm³/mol. The molecule has 1 N–H and O–H groups in total. The minimum absolute atomic E-state index is 0.0882. The van der Waals surface area contributed by atoms with Crippen molar-refractivity contribution in [2.45, 2.75) is 39.3 Å². The summed E-state index contributed by atoms with van der Waals surface area (Å²) >= 11 is 0. The van der Waals surface area contributed by atoms with Crippen molar-refractivity contribution in [1.82, 2.24) is 4.90 Å². The molecule has 0 radical (unpaired) electrons. The van der Waals surface area contributed by atoms with Crippen LogP contribution < -0.4 is 5.32 Å². The van der Waals surface area contributed by atoms with Gasteiger partial charge in [0.1, 0.15) is 6.04 Å². The van der Waals surface area contributed by atoms with Crippen molar-refractivity contribution in [3.05, 3.63) is 29.8 Å². The molecule has 1 unspecified atom stereocenters. The fraction of sp³-hybridized carbons (Fsp3) is 0.500. The number of amides is 1. The van der Waals surface area contributed by atoms with E-state index in [4.69, 9.17) is 0 Å². The maximum Gasteiger partial charge on any atom is 0.245 e. The van der Waals surface area contributed by atoms with Gasteiger partial charge in [-0.1, -0.05) is 18.2 Å². The van der Waals surface area contributed by atoms with Crippen molar-refractivity contribution in [1.29, 1.82) is 0 Å². The van der Waals surface area contributed by atoms with Crippen LogP contribution in [-0.4, -0.2) is 29.4 Å². The number of carbonyl (C=O) groups is 1. The van der Waals surface area contributed by atoms with Gasteiger partial charge in [-0.2, -0.15) is 0 Å². The molecule has 1 aliphatic heterocycles. The summed E-state index contributed by atoms with van der Waals surface area (Å²) in [5, 5.41) is 3.31. The predicted octanol–water partition coefficient (Wildman–Crippen LogP) is 2.28. The number of nitrogens with zero attached hydrogens (tertiary/aromatic N) is 1. The van der Waals surface area contributed by atoms with Crippen molar-refractivity contribution >= 4 is 11.6 Å². The lowest BCUT2D eigenvalue weighted by Crippen LogP contribution is -2.45. The fourth-order valence-corrected chi connectivity index (χ4v) is 2.42. The molecule has 2 rings (SSSR count). The number of anilines is 1. The smallest absolute Gasteiger partial charge is 0.245 e. The lowest BCUT2D eigenvalue weighted by Gasteiger charge is -2.28. The molecule has 0 aromatic heterocycles. The number of para-hydroxylation sites is 1. The Morgan fingerprint density at radius 1 is 1.47 bits per heavy atom. The van der Waals surface area contributed by atoms with Gasteiger partial charge in [-0.3, -0.25) is 4.79 Å². The average molecular weight is 232 g/mol. The van der Waals surface area contributed by atoms with Gasteiger partial charge in [0, 0.05) is 24.7 Å². The molecule has 3 nitrogen and oxygen atoms in total. The van der Waals surface area contributed by atoms with Gasteiger partial charge in [0.05, 0.1) is 0 Å². The van der Waals surface area contributed by atoms with E-state index in [2.05, 4.69) is 25.2 Å². The molecule has 1 heterocycles. The zero-order valence-electron chi connectivity index (χ0n) is 10.7. The second kappa shape index (κ2) is 4.78. The maximum absolute atomic E-state index is 12.3. The van der Waals surface area contributed by atoms with Gasteiger partial charge in [-0.05, 0) is 32.4 Å². The molecule has 0 saturated heterocycles. The third kappa shape index (κ3) is 2.28. The monoisotopic (exact) mass is 232 g/mol. The number of likely N-dealkylation sites (N-methyl/N-ethyl adjacent to an activating group) is 1. The van der Waals surface area contributed by atoms with Crippen LogP contribution in [0.25, 0.3) is 0 Å². The molecule has 1 aliphatic rings. The Kier molecular flexibility index (Phi) is 3.36. The van der Waals surface area contributed by atoms with Crippen LogP contribution in [0.15, 0.2) is 24.3 Å². The second-order valence-corrected chi connectivity index (χ2v) is 4.78. The van der Waals surface area contributed by atoms with E-state index in [0.29, 0.717) is 0 Å². The van der Waals surface area contributed by atoms with Crippen LogP contribution >= 0.6 is 0 Å². The molecule has 3 heteroatoms. The molecule has 0 aliphatic carbocycles. The first kappa shape index (κ1) is 12.0. The first-order valence-corrected chi connectivity index (χ1v) is 6.28. The minimum Gasteiger partial charge on any atom is -0.373 e. The van der Waals surface area contributed by atoms with E-state index in [1.54, 1.807) is 0 Å². The van der Waals surface area contributed by atoms with Gasteiger partial charge in [0.15, 0.2) is 0 Å². The normalized spacial score (nSPS) is 17.8. The molecule has 0 saturated carbocycles. The standard InChI is InChI=1S/C14H20N2O/c1-4-16(10(2)3)14(17)13-9-11-7-5-6-8-12(11)15-13/h5-8,10,13,15H,4,9H2,1-3H3. The van der Waals surface area contributed by atoms with Gasteiger partial charge < -0.3 is 10.2 Å².